The Labute approximate surface area is 135 Å². The van der Waals surface area contributed by atoms with Crippen molar-refractivity contribution in [2.24, 2.45) is 0 Å². The summed E-state index contributed by atoms with van der Waals surface area (Å²) in [6, 6.07) is 8.96. The Morgan fingerprint density at radius 1 is 1.29 bits per heavy atom. The molecule has 0 aliphatic heterocycles. The summed E-state index contributed by atoms with van der Waals surface area (Å²) in [5.74, 6) is 0. The van der Waals surface area contributed by atoms with E-state index in [-0.39, 0.29) is 0 Å². The first-order valence-electron chi connectivity index (χ1n) is 7.66. The first kappa shape index (κ1) is 16.2. The molecule has 0 radical (unpaired) electrons. The maximum absolute atomic E-state index is 4.44. The minimum Gasteiger partial charge on any atom is -0.309 e. The van der Waals surface area contributed by atoms with Crippen molar-refractivity contribution in [2.45, 2.75) is 46.2 Å². The van der Waals surface area contributed by atoms with Crippen molar-refractivity contribution < 1.29 is 0 Å². The van der Waals surface area contributed by atoms with Crippen LogP contribution in [0.3, 0.4) is 0 Å². The lowest BCUT2D eigenvalue weighted by molar-refractivity contribution is 0.465. The molecule has 0 saturated carbocycles. The van der Waals surface area contributed by atoms with Gasteiger partial charge in [0.25, 0.3) is 0 Å². The van der Waals surface area contributed by atoms with Crippen LogP contribution in [0, 0.1) is 6.92 Å². The van der Waals surface area contributed by atoms with E-state index in [2.05, 4.69) is 76.1 Å². The molecule has 1 aromatic heterocycles. The third kappa shape index (κ3) is 3.95. The molecule has 21 heavy (non-hydrogen) atoms. The summed E-state index contributed by atoms with van der Waals surface area (Å²) in [6.45, 7) is 8.32. The Kier molecular flexibility index (Phi) is 6.00. The fourth-order valence-electron chi connectivity index (χ4n) is 2.74. The molecule has 1 aromatic carbocycles. The van der Waals surface area contributed by atoms with Gasteiger partial charge in [0.05, 0.1) is 22.4 Å². The van der Waals surface area contributed by atoms with Gasteiger partial charge < -0.3 is 5.32 Å². The molecule has 0 aliphatic carbocycles. The van der Waals surface area contributed by atoms with Gasteiger partial charge in [0.1, 0.15) is 0 Å². The molecule has 0 bridgehead atoms. The van der Waals surface area contributed by atoms with Gasteiger partial charge in [-0.2, -0.15) is 5.10 Å². The quantitative estimate of drug-likeness (QED) is 0.809. The van der Waals surface area contributed by atoms with Crippen molar-refractivity contribution in [3.05, 3.63) is 51.8 Å². The first-order chi connectivity index (χ1) is 10.2. The lowest BCUT2D eigenvalue weighted by Gasteiger charge is -2.20. The monoisotopic (exact) mass is 349 g/mol. The van der Waals surface area contributed by atoms with Crippen molar-refractivity contribution in [3.63, 3.8) is 0 Å². The van der Waals surface area contributed by atoms with Crippen LogP contribution in [0.1, 0.15) is 43.1 Å². The first-order valence-corrected chi connectivity index (χ1v) is 8.45. The molecule has 0 saturated heterocycles. The van der Waals surface area contributed by atoms with Gasteiger partial charge in [-0.1, -0.05) is 31.2 Å². The van der Waals surface area contributed by atoms with Crippen LogP contribution < -0.4 is 5.32 Å². The van der Waals surface area contributed by atoms with Crippen LogP contribution >= 0.6 is 15.9 Å². The lowest BCUT2D eigenvalue weighted by Crippen LogP contribution is -2.24. The lowest BCUT2D eigenvalue weighted by atomic mass is 9.99. The van der Waals surface area contributed by atoms with E-state index < -0.39 is 0 Å². The number of nitrogens with zero attached hydrogens (tertiary/aromatic N) is 2. The van der Waals surface area contributed by atoms with Crippen LogP contribution in [0.25, 0.3) is 0 Å². The summed E-state index contributed by atoms with van der Waals surface area (Å²) < 4.78 is 3.18. The minimum absolute atomic E-state index is 0.325. The second-order valence-electron chi connectivity index (χ2n) is 5.27. The molecule has 114 valence electrons. The number of rotatable bonds is 7. The number of nitrogens with one attached hydrogen (secondary N) is 1. The van der Waals surface area contributed by atoms with Crippen molar-refractivity contribution >= 4 is 15.9 Å². The predicted octanol–water partition coefficient (Wildman–Crippen LogP) is 4.26. The molecule has 0 fully saturated rings. The zero-order valence-corrected chi connectivity index (χ0v) is 14.7. The number of benzene rings is 1. The Hall–Kier alpha value is -1.13. The maximum atomic E-state index is 4.44. The van der Waals surface area contributed by atoms with Crippen molar-refractivity contribution in [1.82, 2.24) is 15.1 Å². The highest BCUT2D eigenvalue weighted by Gasteiger charge is 2.19. The summed E-state index contributed by atoms with van der Waals surface area (Å²) in [6.07, 6.45) is 4.05. The summed E-state index contributed by atoms with van der Waals surface area (Å²) in [7, 11) is 0. The Balaban J connectivity index is 2.16. The molecule has 1 N–H and O–H groups in total. The number of aryl methyl sites for hydroxylation is 3. The Morgan fingerprint density at radius 3 is 2.71 bits per heavy atom. The summed E-state index contributed by atoms with van der Waals surface area (Å²) in [5, 5.41) is 8.04. The average molecular weight is 350 g/mol. The molecule has 0 spiro atoms. The van der Waals surface area contributed by atoms with Crippen LogP contribution in [-0.4, -0.2) is 16.3 Å². The van der Waals surface area contributed by atoms with E-state index in [1.807, 2.05) is 6.20 Å². The second-order valence-corrected chi connectivity index (χ2v) is 6.12. The Bertz CT molecular complexity index is 577. The van der Waals surface area contributed by atoms with Crippen molar-refractivity contribution in [2.75, 3.05) is 6.54 Å². The molecule has 2 aromatic rings. The van der Waals surface area contributed by atoms with Crippen LogP contribution in [0.5, 0.6) is 0 Å². The molecular formula is C17H24BrN3. The van der Waals surface area contributed by atoms with Gasteiger partial charge >= 0.3 is 0 Å². The average Bonchev–Trinajstić information content (AvgIpc) is 2.86. The third-order valence-corrected chi connectivity index (χ3v) is 4.49. The highest BCUT2D eigenvalue weighted by atomic mass is 79.9. The zero-order valence-electron chi connectivity index (χ0n) is 13.1. The molecule has 3 nitrogen and oxygen atoms in total. The van der Waals surface area contributed by atoms with E-state index in [1.54, 1.807) is 0 Å². The number of hydrogen-bond acceptors (Lipinski definition) is 2. The van der Waals surface area contributed by atoms with E-state index in [4.69, 9.17) is 0 Å². The van der Waals surface area contributed by atoms with Crippen LogP contribution in [0.2, 0.25) is 0 Å². The highest BCUT2D eigenvalue weighted by molar-refractivity contribution is 9.10. The van der Waals surface area contributed by atoms with E-state index in [0.717, 1.165) is 30.4 Å². The fourth-order valence-corrected chi connectivity index (χ4v) is 3.32. The van der Waals surface area contributed by atoms with E-state index in [9.17, 15) is 0 Å². The van der Waals surface area contributed by atoms with Crippen LogP contribution in [0.4, 0.5) is 0 Å². The SMILES string of the molecule is CCNC(CCc1ccccc1C)c1c(Br)cnn1CC. The molecule has 4 heteroatoms. The molecule has 2 rings (SSSR count). The van der Waals surface area contributed by atoms with E-state index in [0.29, 0.717) is 6.04 Å². The number of hydrogen-bond donors (Lipinski definition) is 1. The second kappa shape index (κ2) is 7.76. The largest absolute Gasteiger partial charge is 0.309 e. The smallest absolute Gasteiger partial charge is 0.0695 e. The number of halogens is 1. The van der Waals surface area contributed by atoms with Crippen molar-refractivity contribution in [3.8, 4) is 0 Å². The molecular weight excluding hydrogens is 326 g/mol. The summed E-state index contributed by atoms with van der Waals surface area (Å²) in [5.41, 5.74) is 4.06. The fraction of sp³-hybridized carbons (Fsp3) is 0.471. The zero-order chi connectivity index (χ0) is 15.2. The van der Waals surface area contributed by atoms with Crippen LogP contribution in [-0.2, 0) is 13.0 Å². The van der Waals surface area contributed by atoms with Gasteiger partial charge in [-0.25, -0.2) is 0 Å². The number of aromatic nitrogens is 2. The van der Waals surface area contributed by atoms with Gasteiger partial charge in [-0.3, -0.25) is 4.68 Å². The summed E-state index contributed by atoms with van der Waals surface area (Å²) in [4.78, 5) is 0. The summed E-state index contributed by atoms with van der Waals surface area (Å²) >= 11 is 3.65. The van der Waals surface area contributed by atoms with Crippen molar-refractivity contribution in [1.29, 1.82) is 0 Å². The highest BCUT2D eigenvalue weighted by Crippen LogP contribution is 2.27. The van der Waals surface area contributed by atoms with Crippen LogP contribution in [0.15, 0.2) is 34.9 Å². The normalized spacial score (nSPS) is 12.6. The van der Waals surface area contributed by atoms with Gasteiger partial charge in [-0.05, 0) is 60.3 Å². The third-order valence-electron chi connectivity index (χ3n) is 3.88. The van der Waals surface area contributed by atoms with E-state index in [1.165, 1.54) is 16.8 Å². The van der Waals surface area contributed by atoms with E-state index >= 15 is 0 Å². The standard InChI is InChI=1S/C17H24BrN3/c1-4-19-16(17-15(18)12-20-21(17)5-2)11-10-14-9-7-6-8-13(14)3/h6-9,12,16,19H,4-5,10-11H2,1-3H3. The molecule has 1 unspecified atom stereocenters. The molecule has 0 aliphatic rings. The molecule has 1 heterocycles. The molecule has 0 amide bonds. The molecule has 1 atom stereocenters. The topological polar surface area (TPSA) is 29.9 Å². The van der Waals surface area contributed by atoms with Gasteiger partial charge in [0.2, 0.25) is 0 Å². The maximum Gasteiger partial charge on any atom is 0.0695 e. The van der Waals surface area contributed by atoms with Gasteiger partial charge in [0.15, 0.2) is 0 Å². The van der Waals surface area contributed by atoms with Gasteiger partial charge in [-0.15, -0.1) is 0 Å². The minimum atomic E-state index is 0.325. The van der Waals surface area contributed by atoms with Gasteiger partial charge in [0, 0.05) is 6.54 Å². The Morgan fingerprint density at radius 2 is 2.05 bits per heavy atom. The predicted molar refractivity (Wildman–Crippen MR) is 91.5 cm³/mol.